The van der Waals surface area contributed by atoms with Gasteiger partial charge >= 0.3 is 0 Å². The number of morpholine rings is 1. The van der Waals surface area contributed by atoms with E-state index in [-0.39, 0.29) is 17.2 Å². The molecule has 1 aliphatic heterocycles. The van der Waals surface area contributed by atoms with Crippen molar-refractivity contribution in [1.29, 1.82) is 0 Å². The Morgan fingerprint density at radius 1 is 0.939 bits per heavy atom. The summed E-state index contributed by atoms with van der Waals surface area (Å²) < 4.78 is 18.9. The number of ether oxygens (including phenoxy) is 1. The van der Waals surface area contributed by atoms with Gasteiger partial charge in [0, 0.05) is 13.1 Å². The standard InChI is InChI=1S/C27H36N2O3Si/c1-21-17-29(18-22(2)31-21)19-26-28-16-23(32-26)20-30-33(27(3,4)5,24-12-8-6-9-13-24)25-14-10-7-11-15-25/h6-16,21-22H,17-20H2,1-5H3. The average molecular weight is 465 g/mol. The van der Waals surface area contributed by atoms with Crippen LogP contribution in [0.3, 0.4) is 0 Å². The van der Waals surface area contributed by atoms with E-state index in [1.165, 1.54) is 10.4 Å². The van der Waals surface area contributed by atoms with Crippen LogP contribution in [0.1, 0.15) is 46.3 Å². The highest BCUT2D eigenvalue weighted by Crippen LogP contribution is 2.37. The fourth-order valence-corrected chi connectivity index (χ4v) is 9.55. The third-order valence-electron chi connectivity index (χ3n) is 6.30. The zero-order valence-corrected chi connectivity index (χ0v) is 21.5. The van der Waals surface area contributed by atoms with E-state index < -0.39 is 8.32 Å². The van der Waals surface area contributed by atoms with Gasteiger partial charge in [-0.15, -0.1) is 0 Å². The highest BCUT2D eigenvalue weighted by atomic mass is 28.4. The summed E-state index contributed by atoms with van der Waals surface area (Å²) in [4.78, 5) is 6.90. The number of hydrogen-bond donors (Lipinski definition) is 0. The van der Waals surface area contributed by atoms with E-state index in [1.54, 1.807) is 0 Å². The monoisotopic (exact) mass is 464 g/mol. The second-order valence-electron chi connectivity index (χ2n) is 10.1. The maximum absolute atomic E-state index is 6.96. The van der Waals surface area contributed by atoms with Crippen LogP contribution in [0.15, 0.2) is 71.3 Å². The van der Waals surface area contributed by atoms with E-state index in [4.69, 9.17) is 13.6 Å². The van der Waals surface area contributed by atoms with Crippen molar-refractivity contribution in [1.82, 2.24) is 9.88 Å². The number of nitrogens with zero attached hydrogens (tertiary/aromatic N) is 2. The summed E-state index contributed by atoms with van der Waals surface area (Å²) in [5.41, 5.74) is 0. The fraction of sp³-hybridized carbons (Fsp3) is 0.444. The van der Waals surface area contributed by atoms with Crippen LogP contribution < -0.4 is 10.4 Å². The summed E-state index contributed by atoms with van der Waals surface area (Å²) in [6, 6.07) is 21.4. The van der Waals surface area contributed by atoms with Crippen LogP contribution in [0, 0.1) is 0 Å². The molecule has 1 fully saturated rings. The molecule has 0 amide bonds. The second kappa shape index (κ2) is 9.93. The number of benzene rings is 2. The third kappa shape index (κ3) is 5.30. The van der Waals surface area contributed by atoms with Crippen LogP contribution in [0.2, 0.25) is 5.04 Å². The zero-order valence-electron chi connectivity index (χ0n) is 20.5. The Kier molecular flexibility index (Phi) is 7.19. The minimum Gasteiger partial charge on any atom is -0.442 e. The average Bonchev–Trinajstić information content (AvgIpc) is 3.21. The van der Waals surface area contributed by atoms with Crippen molar-refractivity contribution >= 4 is 18.7 Å². The van der Waals surface area contributed by atoms with Crippen LogP contribution >= 0.6 is 0 Å². The molecule has 4 rings (SSSR count). The van der Waals surface area contributed by atoms with Gasteiger partial charge in [-0.05, 0) is 29.3 Å². The highest BCUT2D eigenvalue weighted by Gasteiger charge is 2.50. The molecular weight excluding hydrogens is 428 g/mol. The van der Waals surface area contributed by atoms with Crippen LogP contribution in [0.25, 0.3) is 0 Å². The van der Waals surface area contributed by atoms with Crippen LogP contribution in [0.4, 0.5) is 0 Å². The van der Waals surface area contributed by atoms with Crippen molar-refractivity contribution in [3.8, 4) is 0 Å². The predicted octanol–water partition coefficient (Wildman–Crippen LogP) is 4.36. The van der Waals surface area contributed by atoms with Gasteiger partial charge in [0.05, 0.1) is 31.6 Å². The molecule has 2 heterocycles. The number of rotatable bonds is 7. The molecule has 5 nitrogen and oxygen atoms in total. The van der Waals surface area contributed by atoms with Gasteiger partial charge in [-0.3, -0.25) is 4.90 Å². The Labute approximate surface area is 198 Å². The first-order chi connectivity index (χ1) is 15.8. The first-order valence-corrected chi connectivity index (χ1v) is 13.7. The van der Waals surface area contributed by atoms with Gasteiger partial charge in [0.1, 0.15) is 5.76 Å². The van der Waals surface area contributed by atoms with Crippen molar-refractivity contribution in [2.75, 3.05) is 13.1 Å². The lowest BCUT2D eigenvalue weighted by atomic mass is 10.2. The van der Waals surface area contributed by atoms with Gasteiger partial charge < -0.3 is 13.6 Å². The Hall–Kier alpha value is -2.25. The van der Waals surface area contributed by atoms with Crippen LogP contribution in [0.5, 0.6) is 0 Å². The first kappa shape index (κ1) is 23.9. The van der Waals surface area contributed by atoms with E-state index in [9.17, 15) is 0 Å². The van der Waals surface area contributed by atoms with Crippen LogP contribution in [-0.4, -0.2) is 43.5 Å². The predicted molar refractivity (Wildman–Crippen MR) is 134 cm³/mol. The van der Waals surface area contributed by atoms with Gasteiger partial charge in [-0.25, -0.2) is 4.98 Å². The molecule has 0 spiro atoms. The van der Waals surface area contributed by atoms with E-state index in [0.29, 0.717) is 13.2 Å². The zero-order chi connectivity index (χ0) is 23.5. The molecule has 33 heavy (non-hydrogen) atoms. The Morgan fingerprint density at radius 2 is 1.48 bits per heavy atom. The van der Waals surface area contributed by atoms with Crippen LogP contribution in [-0.2, 0) is 22.3 Å². The molecule has 176 valence electrons. The number of oxazole rings is 1. The van der Waals surface area contributed by atoms with Gasteiger partial charge in [-0.2, -0.15) is 0 Å². The highest BCUT2D eigenvalue weighted by molar-refractivity contribution is 6.99. The normalized spacial score (nSPS) is 20.2. The van der Waals surface area contributed by atoms with Gasteiger partial charge in [0.2, 0.25) is 5.89 Å². The fourth-order valence-electron chi connectivity index (χ4n) is 5.03. The van der Waals surface area contributed by atoms with Crippen molar-refractivity contribution in [2.45, 2.75) is 65.0 Å². The second-order valence-corrected chi connectivity index (χ2v) is 14.4. The van der Waals surface area contributed by atoms with Gasteiger partial charge in [0.15, 0.2) is 0 Å². The topological polar surface area (TPSA) is 47.7 Å². The van der Waals surface area contributed by atoms with Crippen molar-refractivity contribution < 1.29 is 13.6 Å². The molecule has 0 saturated carbocycles. The molecule has 0 radical (unpaired) electrons. The molecule has 0 aliphatic carbocycles. The van der Waals surface area contributed by atoms with Crippen molar-refractivity contribution in [3.05, 3.63) is 78.5 Å². The SMILES string of the molecule is CC1CN(Cc2ncc(CO[Si](c3ccccc3)(c3ccccc3)C(C)(C)C)o2)CC(C)O1. The van der Waals surface area contributed by atoms with E-state index in [2.05, 4.69) is 105 Å². The maximum Gasteiger partial charge on any atom is 0.261 e. The third-order valence-corrected chi connectivity index (χ3v) is 11.3. The van der Waals surface area contributed by atoms with E-state index in [1.807, 2.05) is 6.20 Å². The molecular formula is C27H36N2O3Si. The summed E-state index contributed by atoms with van der Waals surface area (Å²) in [6.45, 7) is 13.9. The molecule has 1 aliphatic rings. The number of hydrogen-bond acceptors (Lipinski definition) is 5. The minimum atomic E-state index is -2.60. The Morgan fingerprint density at radius 3 is 2.00 bits per heavy atom. The molecule has 1 saturated heterocycles. The summed E-state index contributed by atoms with van der Waals surface area (Å²) in [5.74, 6) is 1.50. The largest absolute Gasteiger partial charge is 0.442 e. The lowest BCUT2D eigenvalue weighted by Gasteiger charge is -2.42. The summed E-state index contributed by atoms with van der Waals surface area (Å²) in [6.07, 6.45) is 2.27. The van der Waals surface area contributed by atoms with E-state index >= 15 is 0 Å². The summed E-state index contributed by atoms with van der Waals surface area (Å²) >= 11 is 0. The molecule has 6 heteroatoms. The minimum absolute atomic E-state index is 0.0708. The molecule has 3 aromatic rings. The molecule has 2 unspecified atom stereocenters. The molecule has 2 atom stereocenters. The maximum atomic E-state index is 6.96. The smallest absolute Gasteiger partial charge is 0.261 e. The first-order valence-electron chi connectivity index (χ1n) is 11.8. The molecule has 2 aromatic carbocycles. The van der Waals surface area contributed by atoms with E-state index in [0.717, 1.165) is 24.7 Å². The summed E-state index contributed by atoms with van der Waals surface area (Å²) in [5, 5.41) is 2.46. The Bertz CT molecular complexity index is 967. The lowest BCUT2D eigenvalue weighted by Crippen LogP contribution is -2.66. The van der Waals surface area contributed by atoms with Gasteiger partial charge in [0.25, 0.3) is 8.32 Å². The number of aromatic nitrogens is 1. The molecule has 0 N–H and O–H groups in total. The molecule has 0 bridgehead atoms. The molecule has 1 aromatic heterocycles. The van der Waals surface area contributed by atoms with Crippen molar-refractivity contribution in [3.63, 3.8) is 0 Å². The summed E-state index contributed by atoms with van der Waals surface area (Å²) in [7, 11) is -2.60. The van der Waals surface area contributed by atoms with Crippen molar-refractivity contribution in [2.24, 2.45) is 0 Å². The Balaban J connectivity index is 1.57. The lowest BCUT2D eigenvalue weighted by molar-refractivity contribution is -0.0722. The van der Waals surface area contributed by atoms with Gasteiger partial charge in [-0.1, -0.05) is 81.4 Å². The quantitative estimate of drug-likeness (QED) is 0.486.